The average molecular weight is 262 g/mol. The molecule has 3 nitrogen and oxygen atoms in total. The maximum atomic E-state index is 12.8. The topological polar surface area (TPSA) is 38.0 Å². The van der Waals surface area contributed by atoms with Crippen molar-refractivity contribution in [1.82, 2.24) is 9.78 Å². The van der Waals surface area contributed by atoms with Crippen molar-refractivity contribution in [1.29, 1.82) is 0 Å². The van der Waals surface area contributed by atoms with Crippen LogP contribution in [0.2, 0.25) is 0 Å². The summed E-state index contributed by atoms with van der Waals surface area (Å²) in [5.41, 5.74) is -0.288. The van der Waals surface area contributed by atoms with E-state index in [0.717, 1.165) is 23.6 Å². The molecule has 1 aromatic rings. The molecule has 1 fully saturated rings. The zero-order chi connectivity index (χ0) is 13.3. The van der Waals surface area contributed by atoms with Crippen molar-refractivity contribution >= 4 is 0 Å². The molecular formula is C12H17F3N2O. The Morgan fingerprint density at radius 3 is 2.50 bits per heavy atom. The predicted octanol–water partition coefficient (Wildman–Crippen LogP) is 2.76. The Morgan fingerprint density at radius 1 is 1.33 bits per heavy atom. The Labute approximate surface area is 104 Å². The minimum atomic E-state index is -4.35. The summed E-state index contributed by atoms with van der Waals surface area (Å²) in [6.07, 6.45) is -1.77. The van der Waals surface area contributed by atoms with Crippen LogP contribution in [0.4, 0.5) is 13.2 Å². The number of aliphatic hydroxyl groups excluding tert-OH is 1. The van der Waals surface area contributed by atoms with E-state index < -0.39 is 11.9 Å². The van der Waals surface area contributed by atoms with Crippen LogP contribution in [-0.4, -0.2) is 21.0 Å². The lowest BCUT2D eigenvalue weighted by Gasteiger charge is -2.25. The number of alkyl halides is 3. The standard InChI is InChI=1S/C12H17F3N2O/c1-8-6-11(12(13,14)15)17(16-8)7-9-2-4-10(18)5-3-9/h6,9-10,18H,2-5,7H2,1H3. The first-order valence-corrected chi connectivity index (χ1v) is 6.16. The molecule has 0 radical (unpaired) electrons. The highest BCUT2D eigenvalue weighted by molar-refractivity contribution is 5.12. The van der Waals surface area contributed by atoms with Crippen molar-refractivity contribution in [2.45, 2.75) is 51.4 Å². The molecule has 0 unspecified atom stereocenters. The van der Waals surface area contributed by atoms with E-state index in [2.05, 4.69) is 5.10 Å². The molecular weight excluding hydrogens is 245 g/mol. The summed E-state index contributed by atoms with van der Waals surface area (Å²) in [7, 11) is 0. The van der Waals surface area contributed by atoms with E-state index in [0.29, 0.717) is 18.5 Å². The fourth-order valence-corrected chi connectivity index (χ4v) is 2.48. The lowest BCUT2D eigenvalue weighted by atomic mass is 9.87. The summed E-state index contributed by atoms with van der Waals surface area (Å²) < 4.78 is 39.4. The highest BCUT2D eigenvalue weighted by atomic mass is 19.4. The zero-order valence-electron chi connectivity index (χ0n) is 10.2. The van der Waals surface area contributed by atoms with Gasteiger partial charge in [-0.25, -0.2) is 0 Å². The molecule has 18 heavy (non-hydrogen) atoms. The Hall–Kier alpha value is -1.04. The summed E-state index contributed by atoms with van der Waals surface area (Å²) in [5, 5.41) is 13.3. The van der Waals surface area contributed by atoms with Crippen molar-refractivity contribution in [3.63, 3.8) is 0 Å². The first kappa shape index (κ1) is 13.4. The normalized spacial score (nSPS) is 25.4. The first-order valence-electron chi connectivity index (χ1n) is 6.16. The van der Waals surface area contributed by atoms with Gasteiger partial charge in [0.2, 0.25) is 0 Å². The number of aromatic nitrogens is 2. The summed E-state index contributed by atoms with van der Waals surface area (Å²) in [5.74, 6) is 0.175. The van der Waals surface area contributed by atoms with Gasteiger partial charge in [-0.05, 0) is 44.6 Å². The fraction of sp³-hybridized carbons (Fsp3) is 0.750. The summed E-state index contributed by atoms with van der Waals surface area (Å²) in [4.78, 5) is 0. The molecule has 2 rings (SSSR count). The number of aryl methyl sites for hydroxylation is 1. The van der Waals surface area contributed by atoms with Gasteiger partial charge in [0, 0.05) is 6.54 Å². The number of hydrogen-bond acceptors (Lipinski definition) is 2. The van der Waals surface area contributed by atoms with Gasteiger partial charge in [0.25, 0.3) is 0 Å². The molecule has 102 valence electrons. The number of hydrogen-bond donors (Lipinski definition) is 1. The average Bonchev–Trinajstić information content (AvgIpc) is 2.63. The third-order valence-electron chi connectivity index (χ3n) is 3.44. The maximum Gasteiger partial charge on any atom is 0.433 e. The van der Waals surface area contributed by atoms with Gasteiger partial charge in [0.05, 0.1) is 11.8 Å². The van der Waals surface area contributed by atoms with Crippen LogP contribution in [-0.2, 0) is 12.7 Å². The quantitative estimate of drug-likeness (QED) is 0.890. The lowest BCUT2D eigenvalue weighted by Crippen LogP contribution is -2.24. The summed E-state index contributed by atoms with van der Waals surface area (Å²) >= 11 is 0. The van der Waals surface area contributed by atoms with Crippen molar-refractivity contribution in [3.8, 4) is 0 Å². The van der Waals surface area contributed by atoms with Crippen molar-refractivity contribution < 1.29 is 18.3 Å². The molecule has 0 spiro atoms. The molecule has 0 aromatic carbocycles. The van der Waals surface area contributed by atoms with Gasteiger partial charge in [0.1, 0.15) is 5.69 Å². The molecule has 1 aliphatic rings. The molecule has 1 aromatic heterocycles. The SMILES string of the molecule is Cc1cc(C(F)(F)F)n(CC2CCC(O)CC2)n1. The second-order valence-corrected chi connectivity index (χ2v) is 5.03. The third-order valence-corrected chi connectivity index (χ3v) is 3.44. The predicted molar refractivity (Wildman–Crippen MR) is 59.9 cm³/mol. The molecule has 0 aliphatic heterocycles. The Kier molecular flexibility index (Phi) is 3.66. The van der Waals surface area contributed by atoms with Gasteiger partial charge < -0.3 is 5.11 Å². The molecule has 0 saturated heterocycles. The van der Waals surface area contributed by atoms with Gasteiger partial charge in [-0.1, -0.05) is 0 Å². The molecule has 0 amide bonds. The van der Waals surface area contributed by atoms with E-state index in [1.165, 1.54) is 0 Å². The maximum absolute atomic E-state index is 12.8. The largest absolute Gasteiger partial charge is 0.433 e. The van der Waals surface area contributed by atoms with Gasteiger partial charge in [0.15, 0.2) is 0 Å². The van der Waals surface area contributed by atoms with E-state index >= 15 is 0 Å². The molecule has 6 heteroatoms. The van der Waals surface area contributed by atoms with Crippen LogP contribution < -0.4 is 0 Å². The van der Waals surface area contributed by atoms with E-state index in [-0.39, 0.29) is 18.6 Å². The molecule has 0 atom stereocenters. The van der Waals surface area contributed by atoms with Crippen LogP contribution in [0, 0.1) is 12.8 Å². The Balaban J connectivity index is 2.09. The number of nitrogens with zero attached hydrogens (tertiary/aromatic N) is 2. The Bertz CT molecular complexity index is 406. The van der Waals surface area contributed by atoms with Gasteiger partial charge in [-0.3, -0.25) is 4.68 Å². The highest BCUT2D eigenvalue weighted by Gasteiger charge is 2.36. The van der Waals surface area contributed by atoms with E-state index in [1.807, 2.05) is 0 Å². The molecule has 0 bridgehead atoms. The number of rotatable bonds is 2. The van der Waals surface area contributed by atoms with Crippen LogP contribution in [0.25, 0.3) is 0 Å². The summed E-state index contributed by atoms with van der Waals surface area (Å²) in [6.45, 7) is 1.85. The van der Waals surface area contributed by atoms with Crippen molar-refractivity contribution in [3.05, 3.63) is 17.5 Å². The van der Waals surface area contributed by atoms with E-state index in [9.17, 15) is 18.3 Å². The molecule has 1 N–H and O–H groups in total. The monoisotopic (exact) mass is 262 g/mol. The van der Waals surface area contributed by atoms with E-state index in [1.54, 1.807) is 6.92 Å². The zero-order valence-corrected chi connectivity index (χ0v) is 10.2. The van der Waals surface area contributed by atoms with Crippen LogP contribution in [0.15, 0.2) is 6.07 Å². The highest BCUT2D eigenvalue weighted by Crippen LogP contribution is 2.32. The summed E-state index contributed by atoms with van der Waals surface area (Å²) in [6, 6.07) is 1.08. The van der Waals surface area contributed by atoms with Crippen LogP contribution in [0.3, 0.4) is 0 Å². The minimum absolute atomic E-state index is 0.175. The van der Waals surface area contributed by atoms with Crippen molar-refractivity contribution in [2.75, 3.05) is 0 Å². The third kappa shape index (κ3) is 3.04. The molecule has 1 saturated carbocycles. The lowest BCUT2D eigenvalue weighted by molar-refractivity contribution is -0.144. The second-order valence-electron chi connectivity index (χ2n) is 5.03. The van der Waals surface area contributed by atoms with Gasteiger partial charge in [-0.15, -0.1) is 0 Å². The minimum Gasteiger partial charge on any atom is -0.393 e. The van der Waals surface area contributed by atoms with Gasteiger partial charge in [-0.2, -0.15) is 18.3 Å². The Morgan fingerprint density at radius 2 is 1.94 bits per heavy atom. The smallest absolute Gasteiger partial charge is 0.393 e. The fourth-order valence-electron chi connectivity index (χ4n) is 2.48. The van der Waals surface area contributed by atoms with E-state index in [4.69, 9.17) is 0 Å². The van der Waals surface area contributed by atoms with Crippen LogP contribution in [0.1, 0.15) is 37.1 Å². The van der Waals surface area contributed by atoms with Crippen LogP contribution >= 0.6 is 0 Å². The molecule has 1 heterocycles. The van der Waals surface area contributed by atoms with Crippen LogP contribution in [0.5, 0.6) is 0 Å². The number of halogens is 3. The van der Waals surface area contributed by atoms with Crippen molar-refractivity contribution in [2.24, 2.45) is 5.92 Å². The molecule has 1 aliphatic carbocycles. The van der Waals surface area contributed by atoms with Gasteiger partial charge >= 0.3 is 6.18 Å². The first-order chi connectivity index (χ1) is 8.36. The number of aliphatic hydroxyl groups is 1. The second kappa shape index (κ2) is 4.91.